The van der Waals surface area contributed by atoms with Crippen LogP contribution >= 0.6 is 12.4 Å². The maximum Gasteiger partial charge on any atom is 0.243 e. The molecule has 4 rings (SSSR count). The maximum atomic E-state index is 14.3. The van der Waals surface area contributed by atoms with Crippen LogP contribution in [0.2, 0.25) is 0 Å². The second kappa shape index (κ2) is 7.98. The number of benzene rings is 1. The Hall–Kier alpha value is -0.930. The molecule has 3 saturated heterocycles. The summed E-state index contributed by atoms with van der Waals surface area (Å²) in [5.41, 5.74) is 0. The molecule has 0 spiro atoms. The lowest BCUT2D eigenvalue weighted by molar-refractivity contribution is 0.165. The van der Waals surface area contributed by atoms with Gasteiger partial charge in [0.15, 0.2) is 11.6 Å². The summed E-state index contributed by atoms with van der Waals surface area (Å²) in [5.74, 6) is 0.432. The molecule has 3 fully saturated rings. The Morgan fingerprint density at radius 1 is 1.27 bits per heavy atom. The van der Waals surface area contributed by atoms with E-state index in [1.165, 1.54) is 16.4 Å². The number of nitrogens with one attached hydrogen (secondary N) is 1. The summed E-state index contributed by atoms with van der Waals surface area (Å²) in [6.45, 7) is 4.42. The van der Waals surface area contributed by atoms with Crippen LogP contribution in [0.5, 0.6) is 5.75 Å². The van der Waals surface area contributed by atoms with Gasteiger partial charge in [0.2, 0.25) is 10.0 Å². The standard InChI is InChI=1S/C17H23FN2O4S.ClH/c18-16-5-15(1-2-17(16)24-11-12-3-4-23-10-12)25(21,22)20-8-13-6-19-7-14(13)9-20;/h1-2,5,12-14,19H,3-4,6-11H2;1H/t12?,13-,14+;. The molecule has 0 amide bonds. The van der Waals surface area contributed by atoms with Crippen LogP contribution in [-0.2, 0) is 14.8 Å². The van der Waals surface area contributed by atoms with Crippen molar-refractivity contribution < 1.29 is 22.3 Å². The van der Waals surface area contributed by atoms with E-state index in [2.05, 4.69) is 5.32 Å². The van der Waals surface area contributed by atoms with Crippen LogP contribution in [0.3, 0.4) is 0 Å². The Balaban J connectivity index is 0.00000196. The third kappa shape index (κ3) is 3.84. The van der Waals surface area contributed by atoms with Crippen LogP contribution in [0, 0.1) is 23.6 Å². The summed E-state index contributed by atoms with van der Waals surface area (Å²) in [6.07, 6.45) is 0.903. The number of nitrogens with zero attached hydrogens (tertiary/aromatic N) is 1. The first kappa shape index (κ1) is 19.8. The number of sulfonamides is 1. The van der Waals surface area contributed by atoms with Crippen LogP contribution in [0.15, 0.2) is 23.1 Å². The Morgan fingerprint density at radius 2 is 2.00 bits per heavy atom. The number of hydrogen-bond acceptors (Lipinski definition) is 5. The van der Waals surface area contributed by atoms with Crippen LogP contribution < -0.4 is 10.1 Å². The zero-order chi connectivity index (χ0) is 17.4. The van der Waals surface area contributed by atoms with Crippen molar-refractivity contribution in [3.05, 3.63) is 24.0 Å². The predicted molar refractivity (Wildman–Crippen MR) is 96.7 cm³/mol. The number of halogens is 2. The predicted octanol–water partition coefficient (Wildman–Crippen LogP) is 1.50. The molecule has 0 aliphatic carbocycles. The smallest absolute Gasteiger partial charge is 0.243 e. The van der Waals surface area contributed by atoms with Gasteiger partial charge in [-0.05, 0) is 49.5 Å². The summed E-state index contributed by atoms with van der Waals surface area (Å²) in [4.78, 5) is -0.00511. The molecule has 0 radical (unpaired) electrons. The highest BCUT2D eigenvalue weighted by atomic mass is 35.5. The summed E-state index contributed by atoms with van der Waals surface area (Å²) in [6, 6.07) is 3.92. The highest BCUT2D eigenvalue weighted by Gasteiger charge is 2.41. The molecule has 26 heavy (non-hydrogen) atoms. The molecule has 0 bridgehead atoms. The van der Waals surface area contributed by atoms with Crippen molar-refractivity contribution in [1.82, 2.24) is 9.62 Å². The Bertz CT molecular complexity index is 730. The number of rotatable bonds is 5. The molecule has 6 nitrogen and oxygen atoms in total. The molecule has 0 aromatic heterocycles. The van der Waals surface area contributed by atoms with Gasteiger partial charge in [0, 0.05) is 25.6 Å². The molecule has 1 N–H and O–H groups in total. The fourth-order valence-corrected chi connectivity index (χ4v) is 5.41. The van der Waals surface area contributed by atoms with Gasteiger partial charge >= 0.3 is 0 Å². The van der Waals surface area contributed by atoms with E-state index in [9.17, 15) is 12.8 Å². The van der Waals surface area contributed by atoms with Gasteiger partial charge in [-0.1, -0.05) is 0 Å². The molecule has 3 aliphatic rings. The van der Waals surface area contributed by atoms with E-state index < -0.39 is 15.8 Å². The average Bonchev–Trinajstić information content (AvgIpc) is 3.30. The van der Waals surface area contributed by atoms with Crippen molar-refractivity contribution in [2.45, 2.75) is 11.3 Å². The zero-order valence-corrected chi connectivity index (χ0v) is 16.0. The quantitative estimate of drug-likeness (QED) is 0.802. The first-order valence-corrected chi connectivity index (χ1v) is 10.2. The molecular formula is C17H24ClFN2O4S. The summed E-state index contributed by atoms with van der Waals surface area (Å²) in [5, 5.41) is 3.28. The topological polar surface area (TPSA) is 67.9 Å². The second-order valence-electron chi connectivity index (χ2n) is 7.13. The van der Waals surface area contributed by atoms with Crippen molar-refractivity contribution in [2.24, 2.45) is 17.8 Å². The Labute approximate surface area is 159 Å². The highest BCUT2D eigenvalue weighted by Crippen LogP contribution is 2.32. The van der Waals surface area contributed by atoms with Gasteiger partial charge in [-0.15, -0.1) is 12.4 Å². The van der Waals surface area contributed by atoms with Crippen molar-refractivity contribution in [1.29, 1.82) is 0 Å². The Kier molecular flexibility index (Phi) is 6.08. The van der Waals surface area contributed by atoms with E-state index in [-0.39, 0.29) is 29.0 Å². The first-order chi connectivity index (χ1) is 12.0. The average molecular weight is 407 g/mol. The van der Waals surface area contributed by atoms with Gasteiger partial charge in [-0.3, -0.25) is 0 Å². The molecule has 3 aliphatic heterocycles. The van der Waals surface area contributed by atoms with E-state index in [0.717, 1.165) is 25.6 Å². The first-order valence-electron chi connectivity index (χ1n) is 8.75. The summed E-state index contributed by atoms with van der Waals surface area (Å²) >= 11 is 0. The van der Waals surface area contributed by atoms with Gasteiger partial charge in [0.1, 0.15) is 0 Å². The van der Waals surface area contributed by atoms with Crippen LogP contribution in [0.1, 0.15) is 6.42 Å². The lowest BCUT2D eigenvalue weighted by atomic mass is 10.0. The molecule has 9 heteroatoms. The summed E-state index contributed by atoms with van der Waals surface area (Å²) in [7, 11) is -3.66. The van der Waals surface area contributed by atoms with Gasteiger partial charge in [0.25, 0.3) is 0 Å². The molecular weight excluding hydrogens is 383 g/mol. The second-order valence-corrected chi connectivity index (χ2v) is 9.07. The van der Waals surface area contributed by atoms with E-state index in [4.69, 9.17) is 9.47 Å². The van der Waals surface area contributed by atoms with E-state index in [1.807, 2.05) is 0 Å². The lowest BCUT2D eigenvalue weighted by Gasteiger charge is -2.18. The molecule has 0 saturated carbocycles. The molecule has 1 aromatic carbocycles. The minimum Gasteiger partial charge on any atom is -0.490 e. The highest BCUT2D eigenvalue weighted by molar-refractivity contribution is 7.89. The molecule has 146 valence electrons. The van der Waals surface area contributed by atoms with E-state index in [0.29, 0.717) is 44.7 Å². The van der Waals surface area contributed by atoms with Gasteiger partial charge in [-0.2, -0.15) is 4.31 Å². The number of fused-ring (bicyclic) bond motifs is 1. The van der Waals surface area contributed by atoms with Crippen LogP contribution in [0.4, 0.5) is 4.39 Å². The Morgan fingerprint density at radius 3 is 2.62 bits per heavy atom. The molecule has 3 atom stereocenters. The molecule has 1 aromatic rings. The zero-order valence-electron chi connectivity index (χ0n) is 14.4. The summed E-state index contributed by atoms with van der Waals surface area (Å²) < 4.78 is 52.1. The van der Waals surface area contributed by atoms with E-state index >= 15 is 0 Å². The van der Waals surface area contributed by atoms with Gasteiger partial charge in [-0.25, -0.2) is 12.8 Å². The van der Waals surface area contributed by atoms with Crippen molar-refractivity contribution in [2.75, 3.05) is 46.0 Å². The SMILES string of the molecule is Cl.O=S(=O)(c1ccc(OCC2CCOC2)c(F)c1)N1C[C@H]2CNC[C@H]2C1. The normalized spacial score (nSPS) is 28.7. The maximum absolute atomic E-state index is 14.3. The number of hydrogen-bond donors (Lipinski definition) is 1. The number of ether oxygens (including phenoxy) is 2. The van der Waals surface area contributed by atoms with Crippen molar-refractivity contribution >= 4 is 22.4 Å². The molecule has 3 heterocycles. The van der Waals surface area contributed by atoms with Gasteiger partial charge in [0.05, 0.1) is 18.1 Å². The third-order valence-electron chi connectivity index (χ3n) is 5.40. The van der Waals surface area contributed by atoms with E-state index in [1.54, 1.807) is 0 Å². The van der Waals surface area contributed by atoms with Crippen molar-refractivity contribution in [3.8, 4) is 5.75 Å². The fraction of sp³-hybridized carbons (Fsp3) is 0.647. The third-order valence-corrected chi connectivity index (χ3v) is 7.22. The van der Waals surface area contributed by atoms with Gasteiger partial charge < -0.3 is 14.8 Å². The lowest BCUT2D eigenvalue weighted by Crippen LogP contribution is -2.32. The van der Waals surface area contributed by atoms with Crippen molar-refractivity contribution in [3.63, 3.8) is 0 Å². The minimum absolute atomic E-state index is 0. The van der Waals surface area contributed by atoms with Crippen LogP contribution in [-0.4, -0.2) is 58.7 Å². The largest absolute Gasteiger partial charge is 0.490 e. The monoisotopic (exact) mass is 406 g/mol. The van der Waals surface area contributed by atoms with Crippen LogP contribution in [0.25, 0.3) is 0 Å². The fourth-order valence-electron chi connectivity index (χ4n) is 3.84. The minimum atomic E-state index is -3.66. The molecule has 1 unspecified atom stereocenters.